The second-order valence-electron chi connectivity index (χ2n) is 4.22. The van der Waals surface area contributed by atoms with E-state index in [1.54, 1.807) is 37.7 Å². The lowest BCUT2D eigenvalue weighted by molar-refractivity contribution is 0.199. The Balaban J connectivity index is 1.91. The summed E-state index contributed by atoms with van der Waals surface area (Å²) in [5.74, 6) is 0.537. The van der Waals surface area contributed by atoms with Crippen LogP contribution in [-0.2, 0) is 11.3 Å². The first-order valence-corrected chi connectivity index (χ1v) is 7.08. The van der Waals surface area contributed by atoms with Crippen molar-refractivity contribution in [3.05, 3.63) is 46.2 Å². The van der Waals surface area contributed by atoms with E-state index in [1.807, 2.05) is 0 Å². The molecule has 7 heteroatoms. The number of benzene rings is 1. The molecule has 112 valence electrons. The summed E-state index contributed by atoms with van der Waals surface area (Å²) in [6.07, 6.45) is 3.42. The molecule has 1 aromatic heterocycles. The van der Waals surface area contributed by atoms with Crippen molar-refractivity contribution in [1.82, 2.24) is 15.3 Å². The van der Waals surface area contributed by atoms with Crippen LogP contribution in [0.15, 0.2) is 30.6 Å². The largest absolute Gasteiger partial charge is 0.424 e. The quantitative estimate of drug-likeness (QED) is 0.790. The number of nitrogens with zero attached hydrogens (tertiary/aromatic N) is 2. The van der Waals surface area contributed by atoms with E-state index in [9.17, 15) is 0 Å². The van der Waals surface area contributed by atoms with Gasteiger partial charge in [-0.3, -0.25) is 0 Å². The van der Waals surface area contributed by atoms with Gasteiger partial charge in [0.25, 0.3) is 0 Å². The van der Waals surface area contributed by atoms with Crippen LogP contribution >= 0.6 is 23.2 Å². The van der Waals surface area contributed by atoms with Crippen molar-refractivity contribution in [1.29, 1.82) is 0 Å². The molecule has 0 amide bonds. The van der Waals surface area contributed by atoms with Crippen LogP contribution in [-0.4, -0.2) is 30.2 Å². The fraction of sp³-hybridized carbons (Fsp3) is 0.286. The van der Waals surface area contributed by atoms with Crippen molar-refractivity contribution in [3.63, 3.8) is 0 Å². The Kier molecular flexibility index (Phi) is 6.20. The summed E-state index contributed by atoms with van der Waals surface area (Å²) in [6, 6.07) is 5.24. The predicted octanol–water partition coefficient (Wildman–Crippen LogP) is 3.31. The molecule has 0 bridgehead atoms. The Morgan fingerprint density at radius 1 is 1.14 bits per heavy atom. The number of hydrogen-bond donors (Lipinski definition) is 1. The third-order valence-electron chi connectivity index (χ3n) is 2.59. The number of hydrogen-bond acceptors (Lipinski definition) is 5. The summed E-state index contributed by atoms with van der Waals surface area (Å²) in [5, 5.41) is 4.11. The average molecular weight is 328 g/mol. The lowest BCUT2D eigenvalue weighted by Crippen LogP contribution is -2.18. The van der Waals surface area contributed by atoms with Gasteiger partial charge in [-0.2, -0.15) is 0 Å². The average Bonchev–Trinajstić information content (AvgIpc) is 2.49. The first kappa shape index (κ1) is 16.0. The van der Waals surface area contributed by atoms with Crippen LogP contribution in [0.3, 0.4) is 0 Å². The van der Waals surface area contributed by atoms with E-state index < -0.39 is 0 Å². The SMILES string of the molecule is COCCNCc1cnc(Oc2ccc(Cl)c(Cl)c2)nc1. The standard InChI is InChI=1S/C14H15Cl2N3O2/c1-20-5-4-17-7-10-8-18-14(19-9-10)21-11-2-3-12(15)13(16)6-11/h2-3,6,8-9,17H,4-5,7H2,1H3. The van der Waals surface area contributed by atoms with E-state index >= 15 is 0 Å². The van der Waals surface area contributed by atoms with Crippen molar-refractivity contribution in [2.45, 2.75) is 6.54 Å². The molecule has 0 unspecified atom stereocenters. The highest BCUT2D eigenvalue weighted by molar-refractivity contribution is 6.42. The highest BCUT2D eigenvalue weighted by Gasteiger charge is 2.04. The highest BCUT2D eigenvalue weighted by atomic mass is 35.5. The Bertz CT molecular complexity index is 579. The lowest BCUT2D eigenvalue weighted by Gasteiger charge is -2.06. The predicted molar refractivity (Wildman–Crippen MR) is 82.2 cm³/mol. The molecule has 1 N–H and O–H groups in total. The number of rotatable bonds is 7. The Hall–Kier alpha value is -1.40. The highest BCUT2D eigenvalue weighted by Crippen LogP contribution is 2.28. The second-order valence-corrected chi connectivity index (χ2v) is 5.04. The number of nitrogens with one attached hydrogen (secondary N) is 1. The van der Waals surface area contributed by atoms with Crippen LogP contribution in [0.2, 0.25) is 10.0 Å². The molecule has 21 heavy (non-hydrogen) atoms. The van der Waals surface area contributed by atoms with E-state index in [1.165, 1.54) is 0 Å². The van der Waals surface area contributed by atoms with E-state index in [4.69, 9.17) is 32.7 Å². The molecular weight excluding hydrogens is 313 g/mol. The third kappa shape index (κ3) is 5.13. The zero-order valence-electron chi connectivity index (χ0n) is 11.5. The van der Waals surface area contributed by atoms with E-state index in [-0.39, 0.29) is 6.01 Å². The molecule has 0 fully saturated rings. The van der Waals surface area contributed by atoms with Crippen LogP contribution in [0.25, 0.3) is 0 Å². The number of methoxy groups -OCH3 is 1. The van der Waals surface area contributed by atoms with Crippen molar-refractivity contribution in [2.24, 2.45) is 0 Å². The molecule has 2 rings (SSSR count). The zero-order chi connectivity index (χ0) is 15.1. The van der Waals surface area contributed by atoms with Gasteiger partial charge in [0.15, 0.2) is 0 Å². The van der Waals surface area contributed by atoms with Crippen LogP contribution in [0, 0.1) is 0 Å². The van der Waals surface area contributed by atoms with Crippen molar-refractivity contribution < 1.29 is 9.47 Å². The maximum atomic E-state index is 5.92. The summed E-state index contributed by atoms with van der Waals surface area (Å²) in [7, 11) is 1.67. The zero-order valence-corrected chi connectivity index (χ0v) is 13.0. The summed E-state index contributed by atoms with van der Waals surface area (Å²) in [4.78, 5) is 8.29. The van der Waals surface area contributed by atoms with Crippen LogP contribution in [0.1, 0.15) is 5.56 Å². The molecule has 0 saturated carbocycles. The van der Waals surface area contributed by atoms with Gasteiger partial charge in [-0.15, -0.1) is 0 Å². The van der Waals surface area contributed by atoms with Gasteiger partial charge in [0, 0.05) is 44.2 Å². The third-order valence-corrected chi connectivity index (χ3v) is 3.33. The van der Waals surface area contributed by atoms with Gasteiger partial charge in [-0.1, -0.05) is 23.2 Å². The van der Waals surface area contributed by atoms with Gasteiger partial charge in [0.1, 0.15) is 5.75 Å². The minimum atomic E-state index is 0.258. The number of halogens is 2. The molecule has 0 radical (unpaired) electrons. The van der Waals surface area contributed by atoms with Gasteiger partial charge in [0.05, 0.1) is 16.7 Å². The first-order valence-electron chi connectivity index (χ1n) is 6.32. The minimum Gasteiger partial charge on any atom is -0.424 e. The maximum absolute atomic E-state index is 5.92. The summed E-state index contributed by atoms with van der Waals surface area (Å²) in [6.45, 7) is 2.12. The molecule has 0 spiro atoms. The van der Waals surface area contributed by atoms with Crippen LogP contribution < -0.4 is 10.1 Å². The molecule has 1 aromatic carbocycles. The van der Waals surface area contributed by atoms with E-state index in [0.717, 1.165) is 12.1 Å². The van der Waals surface area contributed by atoms with Gasteiger partial charge in [-0.05, 0) is 12.1 Å². The number of aromatic nitrogens is 2. The van der Waals surface area contributed by atoms with Crippen molar-refractivity contribution in [3.8, 4) is 11.8 Å². The molecule has 0 aliphatic rings. The summed E-state index contributed by atoms with van der Waals surface area (Å²) in [5.41, 5.74) is 0.965. The van der Waals surface area contributed by atoms with Gasteiger partial charge >= 0.3 is 6.01 Å². The fourth-order valence-corrected chi connectivity index (χ4v) is 1.83. The monoisotopic (exact) mass is 327 g/mol. The molecule has 5 nitrogen and oxygen atoms in total. The van der Waals surface area contributed by atoms with E-state index in [0.29, 0.717) is 28.9 Å². The Labute approximate surface area is 133 Å². The van der Waals surface area contributed by atoms with Crippen molar-refractivity contribution >= 4 is 23.2 Å². The summed E-state index contributed by atoms with van der Waals surface area (Å²) >= 11 is 11.8. The maximum Gasteiger partial charge on any atom is 0.321 e. The molecule has 2 aromatic rings. The topological polar surface area (TPSA) is 56.3 Å². The van der Waals surface area contributed by atoms with Crippen LogP contribution in [0.4, 0.5) is 0 Å². The van der Waals surface area contributed by atoms with Gasteiger partial charge in [0.2, 0.25) is 0 Å². The molecule has 0 saturated heterocycles. The minimum absolute atomic E-state index is 0.258. The van der Waals surface area contributed by atoms with E-state index in [2.05, 4.69) is 15.3 Å². The number of ether oxygens (including phenoxy) is 2. The smallest absolute Gasteiger partial charge is 0.321 e. The van der Waals surface area contributed by atoms with Gasteiger partial charge in [-0.25, -0.2) is 9.97 Å². The Morgan fingerprint density at radius 2 is 1.90 bits per heavy atom. The molecule has 1 heterocycles. The Morgan fingerprint density at radius 3 is 2.57 bits per heavy atom. The molecular formula is C14H15Cl2N3O2. The van der Waals surface area contributed by atoms with Gasteiger partial charge < -0.3 is 14.8 Å². The second kappa shape index (κ2) is 8.14. The lowest BCUT2D eigenvalue weighted by atomic mass is 10.3. The molecule has 0 aliphatic heterocycles. The summed E-state index contributed by atoms with van der Waals surface area (Å²) < 4.78 is 10.5. The van der Waals surface area contributed by atoms with Crippen molar-refractivity contribution in [2.75, 3.05) is 20.3 Å². The molecule has 0 atom stereocenters. The first-order chi connectivity index (χ1) is 10.2. The fourth-order valence-electron chi connectivity index (χ4n) is 1.54. The molecule has 0 aliphatic carbocycles. The normalized spacial score (nSPS) is 10.6. The van der Waals surface area contributed by atoms with Crippen LogP contribution in [0.5, 0.6) is 11.8 Å².